The van der Waals surface area contributed by atoms with Crippen LogP contribution in [0, 0.1) is 5.82 Å². The highest BCUT2D eigenvalue weighted by atomic mass is 19.1. The summed E-state index contributed by atoms with van der Waals surface area (Å²) in [5.74, 6) is -0.181. The highest BCUT2D eigenvalue weighted by Gasteiger charge is 2.13. The van der Waals surface area contributed by atoms with Crippen molar-refractivity contribution in [2.24, 2.45) is 0 Å². The van der Waals surface area contributed by atoms with E-state index in [9.17, 15) is 4.39 Å². The second kappa shape index (κ2) is 7.17. The number of hydrogen-bond donors (Lipinski definition) is 0. The average molecular weight is 262 g/mol. The monoisotopic (exact) mass is 262 g/mol. The van der Waals surface area contributed by atoms with Crippen molar-refractivity contribution in [1.29, 1.82) is 0 Å². The molecule has 0 aliphatic carbocycles. The Labute approximate surface area is 115 Å². The molecular weight excluding hydrogens is 239 g/mol. The quantitative estimate of drug-likeness (QED) is 0.674. The van der Waals surface area contributed by atoms with Crippen molar-refractivity contribution < 1.29 is 4.39 Å². The Morgan fingerprint density at radius 3 is 2.47 bits per heavy atom. The molecule has 0 unspecified atom stereocenters. The van der Waals surface area contributed by atoms with Crippen molar-refractivity contribution in [1.82, 2.24) is 4.90 Å². The molecule has 0 fully saturated rings. The fraction of sp³-hybridized carbons (Fsp3) is 0.500. The van der Waals surface area contributed by atoms with Crippen LogP contribution in [0.15, 0.2) is 36.7 Å². The van der Waals surface area contributed by atoms with Crippen molar-refractivity contribution in [2.75, 3.05) is 18.1 Å². The van der Waals surface area contributed by atoms with E-state index in [4.69, 9.17) is 0 Å². The number of halogens is 1. The number of unbranched alkanes of at least 4 members (excludes halogenated alkanes) is 4. The SMILES string of the molecule is CCCCCCCN1C=CN(c2ccc(F)cc2)C1. The van der Waals surface area contributed by atoms with Gasteiger partial charge in [-0.05, 0) is 30.7 Å². The Bertz CT molecular complexity index is 400. The lowest BCUT2D eigenvalue weighted by Gasteiger charge is -2.21. The predicted molar refractivity (Wildman–Crippen MR) is 78.4 cm³/mol. The molecule has 104 valence electrons. The highest BCUT2D eigenvalue weighted by molar-refractivity contribution is 5.50. The van der Waals surface area contributed by atoms with Crippen LogP contribution >= 0.6 is 0 Å². The zero-order chi connectivity index (χ0) is 13.5. The van der Waals surface area contributed by atoms with E-state index in [2.05, 4.69) is 29.1 Å². The minimum atomic E-state index is -0.181. The van der Waals surface area contributed by atoms with Crippen LogP contribution in [0.5, 0.6) is 0 Å². The van der Waals surface area contributed by atoms with E-state index < -0.39 is 0 Å². The third-order valence-corrected chi connectivity index (χ3v) is 3.50. The Morgan fingerprint density at radius 1 is 1.00 bits per heavy atom. The largest absolute Gasteiger partial charge is 0.358 e. The normalized spacial score (nSPS) is 14.4. The van der Waals surface area contributed by atoms with Gasteiger partial charge in [0.2, 0.25) is 0 Å². The van der Waals surface area contributed by atoms with Gasteiger partial charge < -0.3 is 9.80 Å². The van der Waals surface area contributed by atoms with Crippen molar-refractivity contribution in [3.63, 3.8) is 0 Å². The zero-order valence-corrected chi connectivity index (χ0v) is 11.7. The molecule has 0 saturated heterocycles. The zero-order valence-electron chi connectivity index (χ0n) is 11.7. The maximum atomic E-state index is 12.9. The number of anilines is 1. The van der Waals surface area contributed by atoms with E-state index >= 15 is 0 Å². The molecule has 1 aliphatic rings. The van der Waals surface area contributed by atoms with Crippen LogP contribution in [0.2, 0.25) is 0 Å². The van der Waals surface area contributed by atoms with Crippen molar-refractivity contribution in [3.8, 4) is 0 Å². The molecular formula is C16H23FN2. The Kier molecular flexibility index (Phi) is 5.25. The second-order valence-corrected chi connectivity index (χ2v) is 5.11. The molecule has 2 rings (SSSR count). The first kappa shape index (κ1) is 13.9. The van der Waals surface area contributed by atoms with Gasteiger partial charge in [0.25, 0.3) is 0 Å². The third kappa shape index (κ3) is 4.27. The molecule has 0 atom stereocenters. The Hall–Kier alpha value is -1.51. The van der Waals surface area contributed by atoms with Gasteiger partial charge in [0, 0.05) is 24.6 Å². The summed E-state index contributed by atoms with van der Waals surface area (Å²) in [4.78, 5) is 4.46. The lowest BCUT2D eigenvalue weighted by Crippen LogP contribution is -2.25. The maximum Gasteiger partial charge on any atom is 0.123 e. The Morgan fingerprint density at radius 2 is 1.74 bits per heavy atom. The first-order chi connectivity index (χ1) is 9.29. The molecule has 0 bridgehead atoms. The van der Waals surface area contributed by atoms with Gasteiger partial charge in [0.15, 0.2) is 0 Å². The first-order valence-electron chi connectivity index (χ1n) is 7.24. The molecule has 19 heavy (non-hydrogen) atoms. The summed E-state index contributed by atoms with van der Waals surface area (Å²) >= 11 is 0. The minimum Gasteiger partial charge on any atom is -0.358 e. The standard InChI is InChI=1S/C16H23FN2/c1-2-3-4-5-6-11-18-12-13-19(14-18)16-9-7-15(17)8-10-16/h7-10,12-13H,2-6,11,14H2,1H3. The molecule has 0 aromatic heterocycles. The highest BCUT2D eigenvalue weighted by Crippen LogP contribution is 2.19. The number of hydrogen-bond acceptors (Lipinski definition) is 2. The average Bonchev–Trinajstić information content (AvgIpc) is 2.88. The summed E-state index contributed by atoms with van der Waals surface area (Å²) in [6.45, 7) is 4.22. The fourth-order valence-corrected chi connectivity index (χ4v) is 2.33. The summed E-state index contributed by atoms with van der Waals surface area (Å²) in [5, 5.41) is 0. The third-order valence-electron chi connectivity index (χ3n) is 3.50. The molecule has 0 spiro atoms. The summed E-state index contributed by atoms with van der Waals surface area (Å²) in [6.07, 6.45) is 10.7. The van der Waals surface area contributed by atoms with Crippen molar-refractivity contribution >= 4 is 5.69 Å². The molecule has 0 saturated carbocycles. The topological polar surface area (TPSA) is 6.48 Å². The molecule has 0 radical (unpaired) electrons. The van der Waals surface area contributed by atoms with Crippen LogP contribution in [-0.4, -0.2) is 18.1 Å². The summed E-state index contributed by atoms with van der Waals surface area (Å²) in [6, 6.07) is 6.67. The van der Waals surface area contributed by atoms with E-state index in [0.29, 0.717) is 0 Å². The van der Waals surface area contributed by atoms with Gasteiger partial charge in [-0.2, -0.15) is 0 Å². The van der Waals surface area contributed by atoms with Crippen LogP contribution in [0.1, 0.15) is 39.0 Å². The molecule has 0 N–H and O–H groups in total. The van der Waals surface area contributed by atoms with E-state index in [-0.39, 0.29) is 5.82 Å². The summed E-state index contributed by atoms with van der Waals surface area (Å²) in [5.41, 5.74) is 1.05. The van der Waals surface area contributed by atoms with E-state index in [1.54, 1.807) is 0 Å². The lowest BCUT2D eigenvalue weighted by atomic mass is 10.1. The molecule has 1 aliphatic heterocycles. The minimum absolute atomic E-state index is 0.181. The first-order valence-corrected chi connectivity index (χ1v) is 7.24. The van der Waals surface area contributed by atoms with Gasteiger partial charge in [-0.3, -0.25) is 0 Å². The van der Waals surface area contributed by atoms with Gasteiger partial charge in [0.05, 0.1) is 6.67 Å². The second-order valence-electron chi connectivity index (χ2n) is 5.11. The van der Waals surface area contributed by atoms with Gasteiger partial charge in [-0.25, -0.2) is 4.39 Å². The van der Waals surface area contributed by atoms with E-state index in [1.807, 2.05) is 12.1 Å². The van der Waals surface area contributed by atoms with Crippen LogP contribution in [0.4, 0.5) is 10.1 Å². The molecule has 0 amide bonds. The molecule has 1 heterocycles. The van der Waals surface area contributed by atoms with E-state index in [0.717, 1.165) is 18.9 Å². The molecule has 1 aromatic rings. The van der Waals surface area contributed by atoms with Gasteiger partial charge in [0.1, 0.15) is 5.82 Å². The van der Waals surface area contributed by atoms with Crippen LogP contribution < -0.4 is 4.90 Å². The lowest BCUT2D eigenvalue weighted by molar-refractivity contribution is 0.389. The predicted octanol–water partition coefficient (Wildman–Crippen LogP) is 4.35. The van der Waals surface area contributed by atoms with Crippen molar-refractivity contribution in [3.05, 3.63) is 42.5 Å². The molecule has 1 aromatic carbocycles. The van der Waals surface area contributed by atoms with Crippen LogP contribution in [0.25, 0.3) is 0 Å². The fourth-order valence-electron chi connectivity index (χ4n) is 2.33. The number of nitrogens with zero attached hydrogens (tertiary/aromatic N) is 2. The summed E-state index contributed by atoms with van der Waals surface area (Å²) < 4.78 is 12.9. The van der Waals surface area contributed by atoms with Crippen LogP contribution in [-0.2, 0) is 0 Å². The Balaban J connectivity index is 1.71. The smallest absolute Gasteiger partial charge is 0.123 e. The number of benzene rings is 1. The molecule has 3 heteroatoms. The van der Waals surface area contributed by atoms with Crippen molar-refractivity contribution in [2.45, 2.75) is 39.0 Å². The van der Waals surface area contributed by atoms with Gasteiger partial charge in [-0.1, -0.05) is 32.6 Å². The van der Waals surface area contributed by atoms with E-state index in [1.165, 1.54) is 44.2 Å². The number of rotatable bonds is 7. The molecule has 2 nitrogen and oxygen atoms in total. The van der Waals surface area contributed by atoms with Gasteiger partial charge >= 0.3 is 0 Å². The summed E-state index contributed by atoms with van der Waals surface area (Å²) in [7, 11) is 0. The van der Waals surface area contributed by atoms with Crippen LogP contribution in [0.3, 0.4) is 0 Å². The van der Waals surface area contributed by atoms with Gasteiger partial charge in [-0.15, -0.1) is 0 Å². The maximum absolute atomic E-state index is 12.9.